The highest BCUT2D eigenvalue weighted by atomic mass is 79.9. The van der Waals surface area contributed by atoms with E-state index in [1.165, 1.54) is 6.07 Å². The van der Waals surface area contributed by atoms with Crippen molar-refractivity contribution in [1.29, 1.82) is 0 Å². The van der Waals surface area contributed by atoms with Gasteiger partial charge in [0.25, 0.3) is 0 Å². The first-order chi connectivity index (χ1) is 10.1. The molecule has 2 aromatic carbocycles. The van der Waals surface area contributed by atoms with Crippen molar-refractivity contribution in [2.45, 2.75) is 6.42 Å². The summed E-state index contributed by atoms with van der Waals surface area (Å²) in [6, 6.07) is 10.4. The van der Waals surface area contributed by atoms with Gasteiger partial charge < -0.3 is 0 Å². The van der Waals surface area contributed by atoms with Gasteiger partial charge in [-0.15, -0.1) is 11.6 Å². The van der Waals surface area contributed by atoms with Crippen LogP contribution in [0.4, 0.5) is 4.39 Å². The molecule has 6 heteroatoms. The second-order valence-electron chi connectivity index (χ2n) is 4.53. The lowest BCUT2D eigenvalue weighted by Crippen LogP contribution is -2.02. The van der Waals surface area contributed by atoms with Gasteiger partial charge in [0.05, 0.1) is 15.5 Å². The number of benzene rings is 2. The Hall–Kier alpha value is -1.10. The van der Waals surface area contributed by atoms with Crippen LogP contribution in [-0.2, 0) is 6.42 Å². The van der Waals surface area contributed by atoms with Gasteiger partial charge in [-0.2, -0.15) is 0 Å². The van der Waals surface area contributed by atoms with E-state index in [1.807, 2.05) is 22.8 Å². The van der Waals surface area contributed by atoms with Gasteiger partial charge >= 0.3 is 0 Å². The zero-order chi connectivity index (χ0) is 15.0. The van der Waals surface area contributed by atoms with Gasteiger partial charge in [0.1, 0.15) is 11.6 Å². The van der Waals surface area contributed by atoms with E-state index >= 15 is 0 Å². The first kappa shape index (κ1) is 14.8. The molecular weight excluding hydrogens is 378 g/mol. The first-order valence-electron chi connectivity index (χ1n) is 6.28. The van der Waals surface area contributed by atoms with Crippen LogP contribution in [0.1, 0.15) is 5.82 Å². The highest BCUT2D eigenvalue weighted by Crippen LogP contribution is 2.27. The van der Waals surface area contributed by atoms with Gasteiger partial charge in [0, 0.05) is 23.0 Å². The zero-order valence-electron chi connectivity index (χ0n) is 10.8. The Labute approximate surface area is 139 Å². The minimum Gasteiger partial charge on any atom is -0.296 e. The summed E-state index contributed by atoms with van der Waals surface area (Å²) in [7, 11) is 0. The fourth-order valence-electron chi connectivity index (χ4n) is 2.27. The van der Waals surface area contributed by atoms with Crippen LogP contribution in [0.25, 0.3) is 16.7 Å². The monoisotopic (exact) mass is 386 g/mol. The summed E-state index contributed by atoms with van der Waals surface area (Å²) in [5.74, 6) is 0.977. The molecule has 0 aliphatic rings. The molecule has 3 rings (SSSR count). The van der Waals surface area contributed by atoms with E-state index in [4.69, 9.17) is 23.2 Å². The lowest BCUT2D eigenvalue weighted by Gasteiger charge is -2.09. The zero-order valence-corrected chi connectivity index (χ0v) is 13.9. The molecule has 0 atom stereocenters. The predicted octanol–water partition coefficient (Wildman–Crippen LogP) is 5.36. The predicted molar refractivity (Wildman–Crippen MR) is 88.2 cm³/mol. The molecule has 0 radical (unpaired) electrons. The van der Waals surface area contributed by atoms with Gasteiger partial charge in [-0.25, -0.2) is 9.37 Å². The number of aryl methyl sites for hydroxylation is 1. The molecule has 0 N–H and O–H groups in total. The molecule has 2 nitrogen and oxygen atoms in total. The Kier molecular flexibility index (Phi) is 4.20. The first-order valence-corrected chi connectivity index (χ1v) is 7.99. The molecule has 108 valence electrons. The van der Waals surface area contributed by atoms with Crippen molar-refractivity contribution < 1.29 is 4.39 Å². The number of nitrogens with zero attached hydrogens (tertiary/aromatic N) is 2. The highest BCUT2D eigenvalue weighted by molar-refractivity contribution is 9.10. The third kappa shape index (κ3) is 2.80. The SMILES string of the molecule is Fc1ccc(-n2c(CCCl)nc3cc(Cl)ccc32)cc1Br. The molecule has 0 fully saturated rings. The van der Waals surface area contributed by atoms with E-state index in [0.717, 1.165) is 22.5 Å². The number of alkyl halides is 1. The third-order valence-electron chi connectivity index (χ3n) is 3.17. The number of hydrogen-bond acceptors (Lipinski definition) is 1. The molecule has 0 aliphatic carbocycles. The molecule has 0 aliphatic heterocycles. The lowest BCUT2D eigenvalue weighted by atomic mass is 10.2. The van der Waals surface area contributed by atoms with Crippen molar-refractivity contribution in [3.8, 4) is 5.69 Å². The second-order valence-corrected chi connectivity index (χ2v) is 6.20. The maximum Gasteiger partial charge on any atom is 0.137 e. The number of rotatable bonds is 3. The average molecular weight is 388 g/mol. The van der Waals surface area contributed by atoms with Crippen LogP contribution in [0.3, 0.4) is 0 Å². The van der Waals surface area contributed by atoms with E-state index in [-0.39, 0.29) is 5.82 Å². The number of halogens is 4. The Morgan fingerprint density at radius 1 is 1.19 bits per heavy atom. The largest absolute Gasteiger partial charge is 0.296 e. The average Bonchev–Trinajstić information content (AvgIpc) is 2.79. The van der Waals surface area contributed by atoms with Crippen LogP contribution < -0.4 is 0 Å². The summed E-state index contributed by atoms with van der Waals surface area (Å²) in [5, 5.41) is 0.630. The molecule has 0 unspecified atom stereocenters. The van der Waals surface area contributed by atoms with Crippen LogP contribution in [0.5, 0.6) is 0 Å². The molecular formula is C15H10BrCl2FN2. The molecule has 1 aromatic heterocycles. The fraction of sp³-hybridized carbons (Fsp3) is 0.133. The molecule has 0 saturated carbocycles. The van der Waals surface area contributed by atoms with Crippen molar-refractivity contribution in [3.63, 3.8) is 0 Å². The second kappa shape index (κ2) is 5.95. The van der Waals surface area contributed by atoms with Gasteiger partial charge in [0.15, 0.2) is 0 Å². The van der Waals surface area contributed by atoms with Gasteiger partial charge in [-0.05, 0) is 52.3 Å². The van der Waals surface area contributed by atoms with E-state index in [2.05, 4.69) is 20.9 Å². The van der Waals surface area contributed by atoms with Crippen molar-refractivity contribution in [2.75, 3.05) is 5.88 Å². The third-order valence-corrected chi connectivity index (χ3v) is 4.20. The van der Waals surface area contributed by atoms with Crippen LogP contribution in [-0.4, -0.2) is 15.4 Å². The molecule has 0 spiro atoms. The maximum absolute atomic E-state index is 13.4. The smallest absolute Gasteiger partial charge is 0.137 e. The van der Waals surface area contributed by atoms with E-state index in [9.17, 15) is 4.39 Å². The quantitative estimate of drug-likeness (QED) is 0.553. The van der Waals surface area contributed by atoms with Crippen molar-refractivity contribution in [1.82, 2.24) is 9.55 Å². The molecule has 3 aromatic rings. The Bertz CT molecular complexity index is 817. The summed E-state index contributed by atoms with van der Waals surface area (Å²) >= 11 is 15.1. The Morgan fingerprint density at radius 3 is 2.71 bits per heavy atom. The topological polar surface area (TPSA) is 17.8 Å². The normalized spacial score (nSPS) is 11.2. The molecule has 0 bridgehead atoms. The van der Waals surface area contributed by atoms with Crippen LogP contribution in [0, 0.1) is 5.82 Å². The summed E-state index contributed by atoms with van der Waals surface area (Å²) in [4.78, 5) is 4.58. The van der Waals surface area contributed by atoms with E-state index in [1.54, 1.807) is 12.1 Å². The summed E-state index contributed by atoms with van der Waals surface area (Å²) in [6.07, 6.45) is 0.614. The summed E-state index contributed by atoms with van der Waals surface area (Å²) < 4.78 is 15.8. The lowest BCUT2D eigenvalue weighted by molar-refractivity contribution is 0.620. The maximum atomic E-state index is 13.4. The van der Waals surface area contributed by atoms with Crippen LogP contribution in [0.15, 0.2) is 40.9 Å². The van der Waals surface area contributed by atoms with E-state index < -0.39 is 0 Å². The van der Waals surface area contributed by atoms with Gasteiger partial charge in [-0.1, -0.05) is 11.6 Å². The van der Waals surface area contributed by atoms with Gasteiger partial charge in [-0.3, -0.25) is 4.57 Å². The Balaban J connectivity index is 2.27. The molecule has 0 saturated heterocycles. The summed E-state index contributed by atoms with van der Waals surface area (Å²) in [5.41, 5.74) is 2.54. The standard InChI is InChI=1S/C15H10BrCl2FN2/c16-11-8-10(2-3-12(11)19)21-14-4-1-9(18)7-13(14)20-15(21)5-6-17/h1-4,7-8H,5-6H2. The minimum absolute atomic E-state index is 0.301. The molecule has 0 amide bonds. The number of hydrogen-bond donors (Lipinski definition) is 0. The molecule has 1 heterocycles. The van der Waals surface area contributed by atoms with Crippen LogP contribution >= 0.6 is 39.1 Å². The highest BCUT2D eigenvalue weighted by Gasteiger charge is 2.13. The fourth-order valence-corrected chi connectivity index (χ4v) is 2.97. The van der Waals surface area contributed by atoms with E-state index in [0.29, 0.717) is 21.8 Å². The van der Waals surface area contributed by atoms with Crippen molar-refractivity contribution >= 4 is 50.2 Å². The Morgan fingerprint density at radius 2 is 2.00 bits per heavy atom. The number of aromatic nitrogens is 2. The van der Waals surface area contributed by atoms with Crippen LogP contribution in [0.2, 0.25) is 5.02 Å². The number of imidazole rings is 1. The molecule has 21 heavy (non-hydrogen) atoms. The van der Waals surface area contributed by atoms with Crippen molar-refractivity contribution in [3.05, 3.63) is 57.5 Å². The number of fused-ring (bicyclic) bond motifs is 1. The summed E-state index contributed by atoms with van der Waals surface area (Å²) in [6.45, 7) is 0. The minimum atomic E-state index is -0.301. The van der Waals surface area contributed by atoms with Crippen molar-refractivity contribution in [2.24, 2.45) is 0 Å². The van der Waals surface area contributed by atoms with Gasteiger partial charge in [0.2, 0.25) is 0 Å².